The molecule has 82 valence electrons. The van der Waals surface area contributed by atoms with Gasteiger partial charge in [0, 0.05) is 6.54 Å². The number of carbonyl (C=O) groups is 1. The lowest BCUT2D eigenvalue weighted by Gasteiger charge is -2.22. The maximum absolute atomic E-state index is 12.1. The number of hydrogen-bond donors (Lipinski definition) is 1. The Labute approximate surface area is 93.3 Å². The molecule has 1 amide bonds. The second-order valence-corrected chi connectivity index (χ2v) is 4.83. The summed E-state index contributed by atoms with van der Waals surface area (Å²) in [6.45, 7) is 2.81. The van der Waals surface area contributed by atoms with Gasteiger partial charge in [0.2, 0.25) is 0 Å². The van der Waals surface area contributed by atoms with Gasteiger partial charge in [-0.3, -0.25) is 4.79 Å². The molecule has 0 unspecified atom stereocenters. The summed E-state index contributed by atoms with van der Waals surface area (Å²) in [7, 11) is 0. The van der Waals surface area contributed by atoms with Crippen LogP contribution in [0.2, 0.25) is 0 Å². The number of rotatable bonds is 2. The van der Waals surface area contributed by atoms with Gasteiger partial charge >= 0.3 is 0 Å². The molecule has 1 fully saturated rings. The van der Waals surface area contributed by atoms with E-state index in [2.05, 4.69) is 0 Å². The Kier molecular flexibility index (Phi) is 3.07. The Bertz CT molecular complexity index is 361. The molecule has 0 aliphatic carbocycles. The number of carbonyl (C=O) groups excluding carboxylic acids is 1. The van der Waals surface area contributed by atoms with E-state index in [1.807, 2.05) is 18.4 Å². The summed E-state index contributed by atoms with van der Waals surface area (Å²) >= 11 is 1.48. The topological polar surface area (TPSA) is 40.5 Å². The molecule has 1 N–H and O–H groups in total. The molecular formula is C11H15NO2S. The van der Waals surface area contributed by atoms with E-state index in [0.29, 0.717) is 0 Å². The predicted octanol–water partition coefficient (Wildman–Crippen LogP) is 1.65. The number of nitrogens with zero attached hydrogens (tertiary/aromatic N) is 1. The number of likely N-dealkylation sites (tertiary alicyclic amines) is 1. The average molecular weight is 225 g/mol. The number of aliphatic hydroxyl groups is 1. The van der Waals surface area contributed by atoms with Crippen LogP contribution in [0.25, 0.3) is 0 Å². The quantitative estimate of drug-likeness (QED) is 0.831. The van der Waals surface area contributed by atoms with E-state index in [0.717, 1.165) is 29.8 Å². The predicted molar refractivity (Wildman–Crippen MR) is 60.2 cm³/mol. The number of amides is 1. The Morgan fingerprint density at radius 3 is 3.13 bits per heavy atom. The molecule has 1 aromatic rings. The van der Waals surface area contributed by atoms with Crippen LogP contribution < -0.4 is 0 Å². The molecule has 2 rings (SSSR count). The van der Waals surface area contributed by atoms with E-state index >= 15 is 0 Å². The first-order chi connectivity index (χ1) is 7.24. The molecule has 0 spiro atoms. The minimum Gasteiger partial charge on any atom is -0.394 e. The van der Waals surface area contributed by atoms with Gasteiger partial charge in [0.1, 0.15) is 0 Å². The van der Waals surface area contributed by atoms with Crippen LogP contribution in [0.15, 0.2) is 11.4 Å². The molecule has 15 heavy (non-hydrogen) atoms. The number of aliphatic hydroxyl groups excluding tert-OH is 1. The van der Waals surface area contributed by atoms with Gasteiger partial charge in [-0.25, -0.2) is 0 Å². The summed E-state index contributed by atoms with van der Waals surface area (Å²) in [5, 5.41) is 11.1. The Morgan fingerprint density at radius 2 is 2.53 bits per heavy atom. The molecule has 0 saturated carbocycles. The van der Waals surface area contributed by atoms with Crippen molar-refractivity contribution in [2.45, 2.75) is 25.8 Å². The van der Waals surface area contributed by atoms with Crippen molar-refractivity contribution in [1.82, 2.24) is 4.90 Å². The van der Waals surface area contributed by atoms with Gasteiger partial charge < -0.3 is 10.0 Å². The minimum atomic E-state index is 0.0269. The molecule has 1 aliphatic heterocycles. The zero-order valence-corrected chi connectivity index (χ0v) is 9.59. The summed E-state index contributed by atoms with van der Waals surface area (Å²) in [5.41, 5.74) is 1.04. The monoisotopic (exact) mass is 225 g/mol. The fourth-order valence-electron chi connectivity index (χ4n) is 2.02. The number of hydrogen-bond acceptors (Lipinski definition) is 3. The zero-order valence-electron chi connectivity index (χ0n) is 8.77. The van der Waals surface area contributed by atoms with Crippen molar-refractivity contribution in [1.29, 1.82) is 0 Å². The van der Waals surface area contributed by atoms with E-state index in [-0.39, 0.29) is 18.6 Å². The van der Waals surface area contributed by atoms with Gasteiger partial charge in [-0.15, -0.1) is 11.3 Å². The van der Waals surface area contributed by atoms with E-state index < -0.39 is 0 Å². The molecule has 1 saturated heterocycles. The standard InChI is InChI=1S/C11H15NO2S/c1-8-4-6-15-10(8)11(14)12-5-2-3-9(12)7-13/h4,6,9,13H,2-3,5,7H2,1H3/t9-/m0/s1. The highest BCUT2D eigenvalue weighted by Gasteiger charge is 2.29. The Morgan fingerprint density at radius 1 is 1.73 bits per heavy atom. The van der Waals surface area contributed by atoms with E-state index in [9.17, 15) is 4.79 Å². The van der Waals surface area contributed by atoms with Crippen molar-refractivity contribution in [3.05, 3.63) is 21.9 Å². The molecule has 0 radical (unpaired) electrons. The molecule has 1 atom stereocenters. The first-order valence-corrected chi connectivity index (χ1v) is 6.08. The lowest BCUT2D eigenvalue weighted by atomic mass is 10.2. The lowest BCUT2D eigenvalue weighted by molar-refractivity contribution is 0.0682. The summed E-state index contributed by atoms with van der Waals surface area (Å²) in [6.07, 6.45) is 1.92. The fraction of sp³-hybridized carbons (Fsp3) is 0.545. The van der Waals surface area contributed by atoms with Gasteiger partial charge in [-0.2, -0.15) is 0 Å². The van der Waals surface area contributed by atoms with Crippen LogP contribution in [0.1, 0.15) is 28.1 Å². The molecule has 4 heteroatoms. The van der Waals surface area contributed by atoms with Crippen molar-refractivity contribution >= 4 is 17.2 Å². The Hall–Kier alpha value is -0.870. The second-order valence-electron chi connectivity index (χ2n) is 3.91. The van der Waals surface area contributed by atoms with Crippen LogP contribution in [-0.2, 0) is 0 Å². The molecular weight excluding hydrogens is 210 g/mol. The third-order valence-electron chi connectivity index (χ3n) is 2.91. The van der Waals surface area contributed by atoms with Crippen LogP contribution >= 0.6 is 11.3 Å². The maximum Gasteiger partial charge on any atom is 0.264 e. The number of aryl methyl sites for hydroxylation is 1. The van der Waals surface area contributed by atoms with E-state index in [1.165, 1.54) is 11.3 Å². The molecule has 0 aromatic carbocycles. The van der Waals surface area contributed by atoms with Crippen LogP contribution in [0.3, 0.4) is 0 Å². The smallest absolute Gasteiger partial charge is 0.264 e. The molecule has 2 heterocycles. The summed E-state index contributed by atoms with van der Waals surface area (Å²) in [4.78, 5) is 14.7. The van der Waals surface area contributed by atoms with Crippen molar-refractivity contribution in [3.63, 3.8) is 0 Å². The third kappa shape index (κ3) is 1.92. The van der Waals surface area contributed by atoms with Crippen molar-refractivity contribution in [2.75, 3.05) is 13.2 Å². The van der Waals surface area contributed by atoms with Crippen molar-refractivity contribution in [2.24, 2.45) is 0 Å². The van der Waals surface area contributed by atoms with Gasteiger partial charge in [-0.1, -0.05) is 0 Å². The molecule has 1 aliphatic rings. The zero-order chi connectivity index (χ0) is 10.8. The van der Waals surface area contributed by atoms with E-state index in [4.69, 9.17) is 5.11 Å². The second kappa shape index (κ2) is 4.33. The van der Waals surface area contributed by atoms with Gasteiger partial charge in [0.15, 0.2) is 0 Å². The van der Waals surface area contributed by atoms with Crippen LogP contribution in [0.4, 0.5) is 0 Å². The summed E-state index contributed by atoms with van der Waals surface area (Å²) in [6, 6.07) is 1.99. The van der Waals surface area contributed by atoms with Crippen molar-refractivity contribution in [3.8, 4) is 0 Å². The van der Waals surface area contributed by atoms with Crippen molar-refractivity contribution < 1.29 is 9.90 Å². The first kappa shape index (κ1) is 10.6. The highest BCUT2D eigenvalue weighted by molar-refractivity contribution is 7.12. The molecule has 1 aromatic heterocycles. The first-order valence-electron chi connectivity index (χ1n) is 5.20. The molecule has 0 bridgehead atoms. The maximum atomic E-state index is 12.1. The normalized spacial score (nSPS) is 20.9. The number of thiophene rings is 1. The van der Waals surface area contributed by atoms with Gasteiger partial charge in [0.05, 0.1) is 17.5 Å². The average Bonchev–Trinajstić information content (AvgIpc) is 2.84. The minimum absolute atomic E-state index is 0.0269. The summed E-state index contributed by atoms with van der Waals surface area (Å²) < 4.78 is 0. The SMILES string of the molecule is Cc1ccsc1C(=O)N1CCC[C@H]1CO. The summed E-state index contributed by atoms with van der Waals surface area (Å²) in [5.74, 6) is 0.0825. The highest BCUT2D eigenvalue weighted by Crippen LogP contribution is 2.24. The fourth-order valence-corrected chi connectivity index (χ4v) is 2.90. The van der Waals surface area contributed by atoms with Gasteiger partial charge in [-0.05, 0) is 36.8 Å². The lowest BCUT2D eigenvalue weighted by Crippen LogP contribution is -2.37. The largest absolute Gasteiger partial charge is 0.394 e. The molecule has 3 nitrogen and oxygen atoms in total. The van der Waals surface area contributed by atoms with Crippen LogP contribution in [-0.4, -0.2) is 35.1 Å². The Balaban J connectivity index is 2.18. The van der Waals surface area contributed by atoms with Crippen LogP contribution in [0, 0.1) is 6.92 Å². The third-order valence-corrected chi connectivity index (χ3v) is 3.91. The van der Waals surface area contributed by atoms with Gasteiger partial charge in [0.25, 0.3) is 5.91 Å². The van der Waals surface area contributed by atoms with Crippen LogP contribution in [0.5, 0.6) is 0 Å². The highest BCUT2D eigenvalue weighted by atomic mass is 32.1. The van der Waals surface area contributed by atoms with E-state index in [1.54, 1.807) is 4.90 Å².